The predicted octanol–water partition coefficient (Wildman–Crippen LogP) is 4.86. The Hall–Kier alpha value is -2.00. The first-order chi connectivity index (χ1) is 10.4. The number of halogens is 1. The summed E-state index contributed by atoms with van der Waals surface area (Å²) in [7, 11) is 0. The monoisotopic (exact) mass is 314 g/mol. The Balaban J connectivity index is 1.71. The number of hydrogen-bond acceptors (Lipinski definition) is 2. The van der Waals surface area contributed by atoms with E-state index >= 15 is 0 Å². The van der Waals surface area contributed by atoms with Gasteiger partial charge in [-0.25, -0.2) is 4.98 Å². The van der Waals surface area contributed by atoms with Crippen LogP contribution in [-0.4, -0.2) is 9.38 Å². The van der Waals surface area contributed by atoms with Gasteiger partial charge in [-0.3, -0.25) is 0 Å². The van der Waals surface area contributed by atoms with E-state index in [1.54, 1.807) is 0 Å². The zero-order chi connectivity index (χ0) is 15.7. The molecular weight excluding hydrogens is 296 g/mol. The Kier molecular flexibility index (Phi) is 3.83. The number of rotatable bonds is 3. The normalized spacial score (nSPS) is 11.8. The van der Waals surface area contributed by atoms with E-state index in [1.165, 1.54) is 5.56 Å². The van der Waals surface area contributed by atoms with Crippen molar-refractivity contribution in [1.29, 1.82) is 0 Å². The van der Waals surface area contributed by atoms with E-state index in [1.807, 2.05) is 41.1 Å². The van der Waals surface area contributed by atoms with Crippen molar-refractivity contribution in [3.05, 3.63) is 65.1 Å². The lowest BCUT2D eigenvalue weighted by Crippen LogP contribution is -2.10. The van der Waals surface area contributed by atoms with Crippen molar-refractivity contribution in [2.75, 3.05) is 0 Å². The molecule has 114 valence electrons. The van der Waals surface area contributed by atoms with Gasteiger partial charge in [-0.1, -0.05) is 44.5 Å². The van der Waals surface area contributed by atoms with Gasteiger partial charge in [-0.2, -0.15) is 0 Å². The number of ether oxygens (including phenoxy) is 1. The van der Waals surface area contributed by atoms with Gasteiger partial charge in [-0.05, 0) is 35.2 Å². The van der Waals surface area contributed by atoms with Crippen LogP contribution in [0.5, 0.6) is 5.75 Å². The second-order valence-electron chi connectivity index (χ2n) is 6.41. The van der Waals surface area contributed by atoms with E-state index in [0.717, 1.165) is 17.1 Å². The summed E-state index contributed by atoms with van der Waals surface area (Å²) in [5.41, 5.74) is 3.19. The third-order valence-electron chi connectivity index (χ3n) is 3.57. The molecule has 0 unspecified atom stereocenters. The smallest absolute Gasteiger partial charge is 0.137 e. The fourth-order valence-electron chi connectivity index (χ4n) is 2.30. The Morgan fingerprint density at radius 2 is 1.77 bits per heavy atom. The van der Waals surface area contributed by atoms with Gasteiger partial charge in [0.1, 0.15) is 18.0 Å². The molecule has 0 atom stereocenters. The summed E-state index contributed by atoms with van der Waals surface area (Å²) in [6.45, 7) is 7.04. The number of hydrogen-bond donors (Lipinski definition) is 0. The number of benzene rings is 1. The van der Waals surface area contributed by atoms with E-state index in [4.69, 9.17) is 16.3 Å². The second-order valence-corrected chi connectivity index (χ2v) is 6.84. The molecule has 2 heterocycles. The van der Waals surface area contributed by atoms with Gasteiger partial charge >= 0.3 is 0 Å². The quantitative estimate of drug-likeness (QED) is 0.690. The molecule has 4 heteroatoms. The summed E-state index contributed by atoms with van der Waals surface area (Å²) < 4.78 is 7.72. The number of nitrogens with zero attached hydrogens (tertiary/aromatic N) is 2. The van der Waals surface area contributed by atoms with Crippen molar-refractivity contribution in [3.63, 3.8) is 0 Å². The van der Waals surface area contributed by atoms with E-state index in [2.05, 4.69) is 37.9 Å². The second kappa shape index (κ2) is 5.65. The lowest BCUT2D eigenvalue weighted by molar-refractivity contribution is 0.302. The fourth-order valence-corrected chi connectivity index (χ4v) is 2.46. The molecule has 0 bridgehead atoms. The van der Waals surface area contributed by atoms with Gasteiger partial charge in [0.15, 0.2) is 0 Å². The minimum Gasteiger partial charge on any atom is -0.487 e. The third kappa shape index (κ3) is 3.25. The van der Waals surface area contributed by atoms with Crippen molar-refractivity contribution in [3.8, 4) is 5.75 Å². The van der Waals surface area contributed by atoms with E-state index < -0.39 is 0 Å². The van der Waals surface area contributed by atoms with Crippen LogP contribution in [0.25, 0.3) is 5.65 Å². The van der Waals surface area contributed by atoms with Crippen molar-refractivity contribution in [2.45, 2.75) is 32.8 Å². The molecule has 0 spiro atoms. The van der Waals surface area contributed by atoms with Crippen LogP contribution in [0.15, 0.2) is 48.8 Å². The molecule has 0 radical (unpaired) electrons. The first-order valence-corrected chi connectivity index (χ1v) is 7.66. The maximum atomic E-state index is 5.97. The van der Waals surface area contributed by atoms with Crippen molar-refractivity contribution < 1.29 is 4.74 Å². The average Bonchev–Trinajstić information content (AvgIpc) is 2.86. The highest BCUT2D eigenvalue weighted by molar-refractivity contribution is 6.30. The lowest BCUT2D eigenvalue weighted by Gasteiger charge is -2.19. The van der Waals surface area contributed by atoms with Gasteiger partial charge in [0.05, 0.1) is 10.7 Å². The standard InChI is InChI=1S/C18H19ClN2O/c1-18(2,3)13-4-7-16(8-5-13)22-12-15-11-21-10-14(19)6-9-17(21)20-15/h4-11H,12H2,1-3H3. The molecule has 0 fully saturated rings. The first-order valence-electron chi connectivity index (χ1n) is 7.28. The molecule has 3 aromatic rings. The van der Waals surface area contributed by atoms with E-state index in [9.17, 15) is 0 Å². The molecule has 0 aliphatic heterocycles. The largest absolute Gasteiger partial charge is 0.487 e. The minimum atomic E-state index is 0.152. The van der Waals surface area contributed by atoms with Gasteiger partial charge < -0.3 is 9.14 Å². The highest BCUT2D eigenvalue weighted by Gasteiger charge is 2.13. The molecule has 0 aliphatic rings. The van der Waals surface area contributed by atoms with E-state index in [0.29, 0.717) is 11.6 Å². The van der Waals surface area contributed by atoms with Gasteiger partial charge in [0, 0.05) is 12.4 Å². The Bertz CT molecular complexity index is 785. The van der Waals surface area contributed by atoms with Crippen LogP contribution in [-0.2, 0) is 12.0 Å². The summed E-state index contributed by atoms with van der Waals surface area (Å²) in [5, 5.41) is 0.690. The van der Waals surface area contributed by atoms with Crippen molar-refractivity contribution >= 4 is 17.2 Å². The van der Waals surface area contributed by atoms with Crippen LogP contribution in [0, 0.1) is 0 Å². The Labute approximate surface area is 135 Å². The highest BCUT2D eigenvalue weighted by atomic mass is 35.5. The van der Waals surface area contributed by atoms with Crippen LogP contribution in [0.3, 0.4) is 0 Å². The molecule has 0 N–H and O–H groups in total. The molecule has 0 saturated carbocycles. The Morgan fingerprint density at radius 3 is 2.45 bits per heavy atom. The van der Waals surface area contributed by atoms with Crippen molar-refractivity contribution in [2.24, 2.45) is 0 Å². The van der Waals surface area contributed by atoms with E-state index in [-0.39, 0.29) is 5.41 Å². The number of pyridine rings is 1. The van der Waals surface area contributed by atoms with Crippen LogP contribution < -0.4 is 4.74 Å². The summed E-state index contributed by atoms with van der Waals surface area (Å²) in [6.07, 6.45) is 3.77. The lowest BCUT2D eigenvalue weighted by atomic mass is 9.87. The molecule has 0 amide bonds. The molecular formula is C18H19ClN2O. The predicted molar refractivity (Wildman–Crippen MR) is 89.7 cm³/mol. The van der Waals surface area contributed by atoms with Crippen LogP contribution in [0.2, 0.25) is 5.02 Å². The molecule has 0 aliphatic carbocycles. The van der Waals surface area contributed by atoms with Crippen LogP contribution in [0.4, 0.5) is 0 Å². The summed E-state index contributed by atoms with van der Waals surface area (Å²) >= 11 is 5.97. The topological polar surface area (TPSA) is 26.5 Å². The van der Waals surface area contributed by atoms with Gasteiger partial charge in [0.25, 0.3) is 0 Å². The van der Waals surface area contributed by atoms with Gasteiger partial charge in [-0.15, -0.1) is 0 Å². The highest BCUT2D eigenvalue weighted by Crippen LogP contribution is 2.24. The van der Waals surface area contributed by atoms with Crippen LogP contribution in [0.1, 0.15) is 32.0 Å². The first kappa shape index (κ1) is 14.9. The van der Waals surface area contributed by atoms with Crippen molar-refractivity contribution in [1.82, 2.24) is 9.38 Å². The number of fused-ring (bicyclic) bond motifs is 1. The Morgan fingerprint density at radius 1 is 1.05 bits per heavy atom. The summed E-state index contributed by atoms with van der Waals surface area (Å²) in [4.78, 5) is 4.51. The van der Waals surface area contributed by atoms with Crippen LogP contribution >= 0.6 is 11.6 Å². The minimum absolute atomic E-state index is 0.152. The summed E-state index contributed by atoms with van der Waals surface area (Å²) in [6, 6.07) is 12.0. The molecule has 3 rings (SSSR count). The molecule has 2 aromatic heterocycles. The molecule has 1 aromatic carbocycles. The zero-order valence-corrected chi connectivity index (χ0v) is 13.8. The number of aromatic nitrogens is 2. The molecule has 3 nitrogen and oxygen atoms in total. The average molecular weight is 315 g/mol. The third-order valence-corrected chi connectivity index (χ3v) is 3.80. The fraction of sp³-hybridized carbons (Fsp3) is 0.278. The maximum absolute atomic E-state index is 5.97. The molecule has 22 heavy (non-hydrogen) atoms. The zero-order valence-electron chi connectivity index (χ0n) is 13.0. The molecule has 0 saturated heterocycles. The summed E-state index contributed by atoms with van der Waals surface area (Å²) in [5.74, 6) is 0.850. The SMILES string of the molecule is CC(C)(C)c1ccc(OCc2cn3cc(Cl)ccc3n2)cc1. The number of imidazole rings is 1. The maximum Gasteiger partial charge on any atom is 0.137 e. The van der Waals surface area contributed by atoms with Gasteiger partial charge in [0.2, 0.25) is 0 Å².